The first-order chi connectivity index (χ1) is 12.2. The molecule has 26 heavy (non-hydrogen) atoms. The van der Waals surface area contributed by atoms with Crippen LogP contribution in [0.4, 0.5) is 18.9 Å². The number of anilines is 1. The standard InChI is InChI=1S/C14H10F3N5O3S/c15-14(16,17)25-12-5-7-13(8-6-12)26(23,24)19-10-1-3-11(4-2-10)22-9-18-20-21-22/h1-9,19H. The molecule has 0 bridgehead atoms. The minimum atomic E-state index is -4.85. The van der Waals surface area contributed by atoms with Crippen LogP contribution < -0.4 is 9.46 Å². The topological polar surface area (TPSA) is 99.0 Å². The summed E-state index contributed by atoms with van der Waals surface area (Å²) in [6, 6.07) is 10.0. The quantitative estimate of drug-likeness (QED) is 0.724. The van der Waals surface area contributed by atoms with Crippen molar-refractivity contribution in [3.63, 3.8) is 0 Å². The molecule has 0 fully saturated rings. The van der Waals surface area contributed by atoms with Crippen LogP contribution in [0.1, 0.15) is 0 Å². The molecule has 136 valence electrons. The highest BCUT2D eigenvalue weighted by molar-refractivity contribution is 7.92. The van der Waals surface area contributed by atoms with E-state index in [1.165, 1.54) is 23.1 Å². The van der Waals surface area contributed by atoms with Crippen molar-refractivity contribution in [1.29, 1.82) is 0 Å². The molecule has 1 N–H and O–H groups in total. The van der Waals surface area contributed by atoms with E-state index in [-0.39, 0.29) is 10.6 Å². The maximum absolute atomic E-state index is 12.3. The number of benzene rings is 2. The molecule has 2 aromatic carbocycles. The number of hydrogen-bond acceptors (Lipinski definition) is 6. The van der Waals surface area contributed by atoms with Crippen LogP contribution in [0.2, 0.25) is 0 Å². The number of sulfonamides is 1. The molecule has 0 aliphatic heterocycles. The molecule has 0 amide bonds. The molecule has 3 rings (SSSR count). The summed E-state index contributed by atoms with van der Waals surface area (Å²) in [5, 5.41) is 10.7. The van der Waals surface area contributed by atoms with E-state index in [4.69, 9.17) is 0 Å². The largest absolute Gasteiger partial charge is 0.573 e. The molecule has 0 saturated heterocycles. The lowest BCUT2D eigenvalue weighted by atomic mass is 10.3. The highest BCUT2D eigenvalue weighted by atomic mass is 32.2. The molecule has 0 aliphatic rings. The first kappa shape index (κ1) is 17.7. The Kier molecular flexibility index (Phi) is 4.50. The van der Waals surface area contributed by atoms with Gasteiger partial charge in [-0.05, 0) is 59.0 Å². The Labute approximate surface area is 145 Å². The second-order valence-corrected chi connectivity index (χ2v) is 6.61. The maximum Gasteiger partial charge on any atom is 0.573 e. The Morgan fingerprint density at radius 2 is 1.65 bits per heavy atom. The maximum atomic E-state index is 12.3. The summed E-state index contributed by atoms with van der Waals surface area (Å²) >= 11 is 0. The van der Waals surface area contributed by atoms with E-state index < -0.39 is 22.1 Å². The van der Waals surface area contributed by atoms with Gasteiger partial charge in [-0.25, -0.2) is 13.1 Å². The average Bonchev–Trinajstić information content (AvgIpc) is 3.09. The molecule has 8 nitrogen and oxygen atoms in total. The van der Waals surface area contributed by atoms with E-state index in [1.807, 2.05) is 0 Å². The molecule has 12 heteroatoms. The summed E-state index contributed by atoms with van der Waals surface area (Å²) in [6.07, 6.45) is -3.47. The molecule has 0 saturated carbocycles. The van der Waals surface area contributed by atoms with Gasteiger partial charge < -0.3 is 4.74 Å². The van der Waals surface area contributed by atoms with Gasteiger partial charge in [0.2, 0.25) is 0 Å². The van der Waals surface area contributed by atoms with Gasteiger partial charge in [0.15, 0.2) is 0 Å². The summed E-state index contributed by atoms with van der Waals surface area (Å²) in [5.74, 6) is -0.512. The molecule has 0 radical (unpaired) electrons. The third-order valence-electron chi connectivity index (χ3n) is 3.10. The molecule has 3 aromatic rings. The van der Waals surface area contributed by atoms with Crippen LogP contribution >= 0.6 is 0 Å². The van der Waals surface area contributed by atoms with Crippen LogP contribution in [0.15, 0.2) is 59.8 Å². The average molecular weight is 385 g/mol. The van der Waals surface area contributed by atoms with Crippen LogP contribution in [0, 0.1) is 0 Å². The Hall–Kier alpha value is -3.15. The summed E-state index contributed by atoms with van der Waals surface area (Å²) in [7, 11) is -3.97. The molecular formula is C14H10F3N5O3S. The summed E-state index contributed by atoms with van der Waals surface area (Å²) in [4.78, 5) is -0.212. The molecule has 1 heterocycles. The van der Waals surface area contributed by atoms with E-state index in [1.54, 1.807) is 12.1 Å². The van der Waals surface area contributed by atoms with Crippen molar-refractivity contribution in [2.24, 2.45) is 0 Å². The van der Waals surface area contributed by atoms with Crippen molar-refractivity contribution in [2.75, 3.05) is 4.72 Å². The first-order valence-corrected chi connectivity index (χ1v) is 8.43. The molecule has 0 unspecified atom stereocenters. The Morgan fingerprint density at radius 1 is 1.00 bits per heavy atom. The smallest absolute Gasteiger partial charge is 0.406 e. The monoisotopic (exact) mass is 385 g/mol. The fourth-order valence-electron chi connectivity index (χ4n) is 2.00. The molecular weight excluding hydrogens is 375 g/mol. The van der Waals surface area contributed by atoms with E-state index >= 15 is 0 Å². The minimum Gasteiger partial charge on any atom is -0.406 e. The van der Waals surface area contributed by atoms with Crippen molar-refractivity contribution >= 4 is 15.7 Å². The number of alkyl halides is 3. The highest BCUT2D eigenvalue weighted by Gasteiger charge is 2.31. The van der Waals surface area contributed by atoms with Crippen molar-refractivity contribution < 1.29 is 26.3 Å². The van der Waals surface area contributed by atoms with Crippen molar-refractivity contribution in [2.45, 2.75) is 11.3 Å². The van der Waals surface area contributed by atoms with Crippen LogP contribution in [0.5, 0.6) is 5.75 Å². The van der Waals surface area contributed by atoms with E-state index in [9.17, 15) is 21.6 Å². The van der Waals surface area contributed by atoms with Crippen molar-refractivity contribution in [3.05, 3.63) is 54.9 Å². The zero-order valence-electron chi connectivity index (χ0n) is 12.8. The molecule has 1 aromatic heterocycles. The van der Waals surface area contributed by atoms with Crippen LogP contribution in [0.3, 0.4) is 0 Å². The van der Waals surface area contributed by atoms with Gasteiger partial charge in [0.25, 0.3) is 10.0 Å². The third kappa shape index (κ3) is 4.27. The minimum absolute atomic E-state index is 0.212. The number of rotatable bonds is 5. The number of aromatic nitrogens is 4. The number of ether oxygens (including phenoxy) is 1. The zero-order valence-corrected chi connectivity index (χ0v) is 13.6. The zero-order chi connectivity index (χ0) is 18.8. The predicted molar refractivity (Wildman–Crippen MR) is 83.1 cm³/mol. The van der Waals surface area contributed by atoms with Gasteiger partial charge in [0.1, 0.15) is 12.1 Å². The molecule has 0 atom stereocenters. The Balaban J connectivity index is 1.74. The van der Waals surface area contributed by atoms with Crippen LogP contribution in [0.25, 0.3) is 5.69 Å². The van der Waals surface area contributed by atoms with Crippen LogP contribution in [-0.2, 0) is 10.0 Å². The van der Waals surface area contributed by atoms with E-state index in [0.29, 0.717) is 5.69 Å². The van der Waals surface area contributed by atoms with Crippen molar-refractivity contribution in [1.82, 2.24) is 20.2 Å². The summed E-state index contributed by atoms with van der Waals surface area (Å²) in [5.41, 5.74) is 0.879. The van der Waals surface area contributed by atoms with Crippen molar-refractivity contribution in [3.8, 4) is 11.4 Å². The number of tetrazole rings is 1. The lowest BCUT2D eigenvalue weighted by molar-refractivity contribution is -0.274. The normalized spacial score (nSPS) is 12.0. The van der Waals surface area contributed by atoms with Gasteiger partial charge in [0.05, 0.1) is 10.6 Å². The second-order valence-electron chi connectivity index (χ2n) is 4.93. The lowest BCUT2D eigenvalue weighted by Gasteiger charge is -2.11. The molecule has 0 aliphatic carbocycles. The predicted octanol–water partition coefficient (Wildman–Crippen LogP) is 2.36. The van der Waals surface area contributed by atoms with Gasteiger partial charge in [-0.1, -0.05) is 0 Å². The third-order valence-corrected chi connectivity index (χ3v) is 4.50. The Morgan fingerprint density at radius 3 is 2.19 bits per heavy atom. The summed E-state index contributed by atoms with van der Waals surface area (Å²) in [6.45, 7) is 0. The second kappa shape index (κ2) is 6.63. The fourth-order valence-corrected chi connectivity index (χ4v) is 3.05. The number of hydrogen-bond donors (Lipinski definition) is 1. The Bertz CT molecular complexity index is 972. The number of nitrogens with zero attached hydrogens (tertiary/aromatic N) is 4. The van der Waals surface area contributed by atoms with Gasteiger partial charge in [-0.2, -0.15) is 0 Å². The summed E-state index contributed by atoms with van der Waals surface area (Å²) < 4.78 is 68.4. The van der Waals surface area contributed by atoms with Gasteiger partial charge in [-0.3, -0.25) is 4.72 Å². The lowest BCUT2D eigenvalue weighted by Crippen LogP contribution is -2.17. The van der Waals surface area contributed by atoms with Crippen LogP contribution in [-0.4, -0.2) is 35.0 Å². The SMILES string of the molecule is O=S(=O)(Nc1ccc(-n2cnnn2)cc1)c1ccc(OC(F)(F)F)cc1. The highest BCUT2D eigenvalue weighted by Crippen LogP contribution is 2.25. The van der Waals surface area contributed by atoms with Gasteiger partial charge >= 0.3 is 6.36 Å². The number of halogens is 3. The van der Waals surface area contributed by atoms with Gasteiger partial charge in [0, 0.05) is 5.69 Å². The number of nitrogens with one attached hydrogen (secondary N) is 1. The molecule has 0 spiro atoms. The van der Waals surface area contributed by atoms with E-state index in [2.05, 4.69) is 25.0 Å². The fraction of sp³-hybridized carbons (Fsp3) is 0.0714. The van der Waals surface area contributed by atoms with Gasteiger partial charge in [-0.15, -0.1) is 18.3 Å². The van der Waals surface area contributed by atoms with E-state index in [0.717, 1.165) is 24.3 Å². The first-order valence-electron chi connectivity index (χ1n) is 6.95.